The molecule has 0 unspecified atom stereocenters. The number of nitrogens with one attached hydrogen (secondary N) is 2. The molecule has 0 aromatic carbocycles. The molecule has 0 spiro atoms. The number of aromatic nitrogens is 2. The normalized spacial score (nSPS) is 10.9. The maximum Gasteiger partial charge on any atom is 0.158 e. The second-order valence-electron chi connectivity index (χ2n) is 5.27. The van der Waals surface area contributed by atoms with Crippen LogP contribution < -0.4 is 10.6 Å². The van der Waals surface area contributed by atoms with Crippen molar-refractivity contribution < 1.29 is 9.47 Å². The van der Waals surface area contributed by atoms with E-state index in [-0.39, 0.29) is 0 Å². The summed E-state index contributed by atoms with van der Waals surface area (Å²) in [4.78, 5) is 8.80. The van der Waals surface area contributed by atoms with Gasteiger partial charge in [0, 0.05) is 39.5 Å². The number of ether oxygens (including phenoxy) is 2. The molecule has 0 aliphatic heterocycles. The van der Waals surface area contributed by atoms with Crippen LogP contribution in [-0.4, -0.2) is 43.4 Å². The van der Waals surface area contributed by atoms with Gasteiger partial charge >= 0.3 is 0 Å². The number of anilines is 2. The molecule has 1 heterocycles. The highest BCUT2D eigenvalue weighted by molar-refractivity contribution is 5.47. The lowest BCUT2D eigenvalue weighted by atomic mass is 10.2. The monoisotopic (exact) mass is 296 g/mol. The summed E-state index contributed by atoms with van der Waals surface area (Å²) >= 11 is 0. The Bertz CT molecular complexity index is 375. The molecular formula is C15H28N4O2. The van der Waals surface area contributed by atoms with Crippen molar-refractivity contribution in [1.82, 2.24) is 9.97 Å². The molecule has 2 N–H and O–H groups in total. The van der Waals surface area contributed by atoms with Crippen LogP contribution in [0.3, 0.4) is 0 Å². The number of hydrogen-bond donors (Lipinski definition) is 2. The SMILES string of the molecule is CCNc1cc(NCCCOCC(C)C)nc(COC)n1. The molecule has 0 amide bonds. The lowest BCUT2D eigenvalue weighted by Gasteiger charge is -2.11. The highest BCUT2D eigenvalue weighted by atomic mass is 16.5. The summed E-state index contributed by atoms with van der Waals surface area (Å²) in [6.07, 6.45) is 0.951. The van der Waals surface area contributed by atoms with Crippen molar-refractivity contribution in [2.24, 2.45) is 5.92 Å². The highest BCUT2D eigenvalue weighted by Crippen LogP contribution is 2.12. The average Bonchev–Trinajstić information content (AvgIpc) is 2.43. The van der Waals surface area contributed by atoms with E-state index in [0.717, 1.165) is 44.4 Å². The first-order valence-corrected chi connectivity index (χ1v) is 7.58. The number of methoxy groups -OCH3 is 1. The van der Waals surface area contributed by atoms with Crippen molar-refractivity contribution in [2.45, 2.75) is 33.8 Å². The van der Waals surface area contributed by atoms with Crippen LogP contribution in [-0.2, 0) is 16.1 Å². The van der Waals surface area contributed by atoms with Crippen molar-refractivity contribution in [3.05, 3.63) is 11.9 Å². The Morgan fingerprint density at radius 1 is 1.19 bits per heavy atom. The molecule has 0 saturated heterocycles. The standard InChI is InChI=1S/C15H28N4O2/c1-5-16-13-9-14(19-15(18-13)11-20-4)17-7-6-8-21-10-12(2)3/h9,12H,5-8,10-11H2,1-4H3,(H2,16,17,18,19). The minimum atomic E-state index is 0.408. The van der Waals surface area contributed by atoms with Crippen LogP contribution in [0.1, 0.15) is 33.0 Å². The maximum absolute atomic E-state index is 5.55. The summed E-state index contributed by atoms with van der Waals surface area (Å²) in [5, 5.41) is 6.50. The van der Waals surface area contributed by atoms with Crippen molar-refractivity contribution in [3.8, 4) is 0 Å². The van der Waals surface area contributed by atoms with Gasteiger partial charge in [0.25, 0.3) is 0 Å². The van der Waals surface area contributed by atoms with Gasteiger partial charge in [-0.3, -0.25) is 0 Å². The number of rotatable bonds is 11. The zero-order valence-electron chi connectivity index (χ0n) is 13.6. The van der Waals surface area contributed by atoms with Crippen LogP contribution >= 0.6 is 0 Å². The maximum atomic E-state index is 5.55. The van der Waals surface area contributed by atoms with Crippen molar-refractivity contribution in [2.75, 3.05) is 44.0 Å². The second-order valence-corrected chi connectivity index (χ2v) is 5.27. The van der Waals surface area contributed by atoms with Gasteiger partial charge in [0.1, 0.15) is 18.2 Å². The molecule has 6 nitrogen and oxygen atoms in total. The fourth-order valence-corrected chi connectivity index (χ4v) is 1.76. The van der Waals surface area contributed by atoms with E-state index in [2.05, 4.69) is 34.4 Å². The Kier molecular flexibility index (Phi) is 8.69. The third-order valence-corrected chi connectivity index (χ3v) is 2.63. The molecule has 0 radical (unpaired) electrons. The Hall–Kier alpha value is -1.40. The van der Waals surface area contributed by atoms with Crippen molar-refractivity contribution in [3.63, 3.8) is 0 Å². The zero-order valence-corrected chi connectivity index (χ0v) is 13.6. The van der Waals surface area contributed by atoms with Crippen LogP contribution in [0.2, 0.25) is 0 Å². The summed E-state index contributed by atoms with van der Waals surface area (Å²) in [5.41, 5.74) is 0. The van der Waals surface area contributed by atoms with E-state index in [1.807, 2.05) is 13.0 Å². The molecule has 0 aliphatic rings. The van der Waals surface area contributed by atoms with Gasteiger partial charge in [-0.1, -0.05) is 13.8 Å². The van der Waals surface area contributed by atoms with Gasteiger partial charge < -0.3 is 20.1 Å². The molecule has 120 valence electrons. The summed E-state index contributed by atoms with van der Waals surface area (Å²) in [6.45, 7) is 9.98. The summed E-state index contributed by atoms with van der Waals surface area (Å²) < 4.78 is 10.6. The summed E-state index contributed by atoms with van der Waals surface area (Å²) in [7, 11) is 1.64. The van der Waals surface area contributed by atoms with Crippen molar-refractivity contribution >= 4 is 11.6 Å². The predicted octanol–water partition coefficient (Wildman–Crippen LogP) is 2.53. The van der Waals surface area contributed by atoms with Gasteiger partial charge in [0.2, 0.25) is 0 Å². The first-order valence-electron chi connectivity index (χ1n) is 7.58. The minimum Gasteiger partial charge on any atom is -0.381 e. The van der Waals surface area contributed by atoms with Gasteiger partial charge in [-0.05, 0) is 19.3 Å². The van der Waals surface area contributed by atoms with Gasteiger partial charge in [-0.25, -0.2) is 9.97 Å². The Labute approximate surface area is 127 Å². The van der Waals surface area contributed by atoms with Crippen LogP contribution in [0, 0.1) is 5.92 Å². The molecule has 0 bridgehead atoms. The Morgan fingerprint density at radius 3 is 2.52 bits per heavy atom. The topological polar surface area (TPSA) is 68.3 Å². The third-order valence-electron chi connectivity index (χ3n) is 2.63. The molecule has 0 aliphatic carbocycles. The van der Waals surface area contributed by atoms with E-state index >= 15 is 0 Å². The predicted molar refractivity (Wildman–Crippen MR) is 85.7 cm³/mol. The molecule has 1 aromatic heterocycles. The van der Waals surface area contributed by atoms with E-state index in [1.165, 1.54) is 0 Å². The van der Waals surface area contributed by atoms with E-state index in [1.54, 1.807) is 7.11 Å². The molecule has 0 atom stereocenters. The quantitative estimate of drug-likeness (QED) is 0.612. The smallest absolute Gasteiger partial charge is 0.158 e. The van der Waals surface area contributed by atoms with Crippen LogP contribution in [0.15, 0.2) is 6.07 Å². The highest BCUT2D eigenvalue weighted by Gasteiger charge is 2.04. The minimum absolute atomic E-state index is 0.408. The number of nitrogens with zero attached hydrogens (tertiary/aromatic N) is 2. The first-order chi connectivity index (χ1) is 10.2. The lowest BCUT2D eigenvalue weighted by molar-refractivity contribution is 0.110. The lowest BCUT2D eigenvalue weighted by Crippen LogP contribution is -2.11. The Morgan fingerprint density at radius 2 is 1.90 bits per heavy atom. The molecular weight excluding hydrogens is 268 g/mol. The Balaban J connectivity index is 2.41. The van der Waals surface area contributed by atoms with E-state index in [9.17, 15) is 0 Å². The van der Waals surface area contributed by atoms with Crippen LogP contribution in [0.5, 0.6) is 0 Å². The van der Waals surface area contributed by atoms with Gasteiger partial charge in [0.15, 0.2) is 5.82 Å². The summed E-state index contributed by atoms with van der Waals surface area (Å²) in [5.74, 6) is 2.89. The zero-order chi connectivity index (χ0) is 15.5. The average molecular weight is 296 g/mol. The first kappa shape index (κ1) is 17.7. The van der Waals surface area contributed by atoms with Gasteiger partial charge in [-0.15, -0.1) is 0 Å². The van der Waals surface area contributed by atoms with E-state index in [0.29, 0.717) is 18.3 Å². The van der Waals surface area contributed by atoms with Crippen LogP contribution in [0.4, 0.5) is 11.6 Å². The second kappa shape index (κ2) is 10.3. The largest absolute Gasteiger partial charge is 0.381 e. The third kappa shape index (κ3) is 7.82. The van der Waals surface area contributed by atoms with Crippen LogP contribution in [0.25, 0.3) is 0 Å². The van der Waals surface area contributed by atoms with Crippen molar-refractivity contribution in [1.29, 1.82) is 0 Å². The van der Waals surface area contributed by atoms with Gasteiger partial charge in [0.05, 0.1) is 0 Å². The fraction of sp³-hybridized carbons (Fsp3) is 0.733. The molecule has 6 heteroatoms. The van der Waals surface area contributed by atoms with Gasteiger partial charge in [-0.2, -0.15) is 0 Å². The van der Waals surface area contributed by atoms with E-state index in [4.69, 9.17) is 9.47 Å². The molecule has 1 rings (SSSR count). The molecule has 21 heavy (non-hydrogen) atoms. The summed E-state index contributed by atoms with van der Waals surface area (Å²) in [6, 6.07) is 1.91. The van der Waals surface area contributed by atoms with E-state index < -0.39 is 0 Å². The fourth-order valence-electron chi connectivity index (χ4n) is 1.76. The number of hydrogen-bond acceptors (Lipinski definition) is 6. The molecule has 1 aromatic rings. The molecule has 0 saturated carbocycles. The molecule has 0 fully saturated rings.